The van der Waals surface area contributed by atoms with Crippen LogP contribution in [0.4, 0.5) is 0 Å². The highest BCUT2D eigenvalue weighted by Gasteiger charge is 2.38. The SMILES string of the molecule is COCCN(C1CC1)S(=O)(=O)c1cnn(CC(=O)O)c1. The zero-order valence-corrected chi connectivity index (χ0v) is 11.9. The molecule has 0 unspecified atom stereocenters. The molecule has 1 aliphatic carbocycles. The van der Waals surface area contributed by atoms with E-state index in [4.69, 9.17) is 9.84 Å². The van der Waals surface area contributed by atoms with E-state index in [-0.39, 0.29) is 24.0 Å². The van der Waals surface area contributed by atoms with Crippen LogP contribution in [-0.4, -0.2) is 59.9 Å². The van der Waals surface area contributed by atoms with Gasteiger partial charge in [-0.25, -0.2) is 8.42 Å². The van der Waals surface area contributed by atoms with Gasteiger partial charge in [0, 0.05) is 25.9 Å². The summed E-state index contributed by atoms with van der Waals surface area (Å²) < 4.78 is 32.4. The second-order valence-corrected chi connectivity index (χ2v) is 6.50. The molecule has 8 nitrogen and oxygen atoms in total. The molecule has 1 saturated carbocycles. The van der Waals surface area contributed by atoms with Crippen molar-refractivity contribution in [2.75, 3.05) is 20.3 Å². The van der Waals surface area contributed by atoms with Gasteiger partial charge in [0.2, 0.25) is 10.0 Å². The summed E-state index contributed by atoms with van der Waals surface area (Å²) in [5.74, 6) is -1.07. The molecule has 112 valence electrons. The van der Waals surface area contributed by atoms with Crippen molar-refractivity contribution < 1.29 is 23.1 Å². The largest absolute Gasteiger partial charge is 0.480 e. The van der Waals surface area contributed by atoms with Crippen LogP contribution in [0.25, 0.3) is 0 Å². The minimum absolute atomic E-state index is 0.0120. The van der Waals surface area contributed by atoms with Crippen LogP contribution in [0.5, 0.6) is 0 Å². The molecule has 0 amide bonds. The number of aliphatic carboxylic acids is 1. The van der Waals surface area contributed by atoms with E-state index in [2.05, 4.69) is 5.10 Å². The highest BCUT2D eigenvalue weighted by atomic mass is 32.2. The lowest BCUT2D eigenvalue weighted by molar-refractivity contribution is -0.137. The first-order valence-corrected chi connectivity index (χ1v) is 7.64. The van der Waals surface area contributed by atoms with Crippen molar-refractivity contribution in [2.45, 2.75) is 30.3 Å². The van der Waals surface area contributed by atoms with Crippen molar-refractivity contribution in [2.24, 2.45) is 0 Å². The number of sulfonamides is 1. The third-order valence-electron chi connectivity index (χ3n) is 2.98. The third kappa shape index (κ3) is 3.35. The van der Waals surface area contributed by atoms with Crippen molar-refractivity contribution in [1.82, 2.24) is 14.1 Å². The molecule has 0 aliphatic heterocycles. The number of ether oxygens (including phenoxy) is 1. The normalized spacial score (nSPS) is 15.7. The molecule has 2 rings (SSSR count). The summed E-state index contributed by atoms with van der Waals surface area (Å²) in [5.41, 5.74) is 0. The maximum absolute atomic E-state index is 12.5. The average molecular weight is 303 g/mol. The van der Waals surface area contributed by atoms with Gasteiger partial charge < -0.3 is 9.84 Å². The van der Waals surface area contributed by atoms with Crippen molar-refractivity contribution in [3.8, 4) is 0 Å². The lowest BCUT2D eigenvalue weighted by atomic mass is 10.6. The van der Waals surface area contributed by atoms with Gasteiger partial charge in [-0.2, -0.15) is 9.40 Å². The number of nitrogens with zero attached hydrogens (tertiary/aromatic N) is 3. The van der Waals surface area contributed by atoms with Crippen LogP contribution >= 0.6 is 0 Å². The number of hydrogen-bond donors (Lipinski definition) is 1. The molecule has 0 atom stereocenters. The average Bonchev–Trinajstić information content (AvgIpc) is 3.08. The number of rotatable bonds is 8. The summed E-state index contributed by atoms with van der Waals surface area (Å²) in [5, 5.41) is 12.4. The van der Waals surface area contributed by atoms with E-state index in [0.29, 0.717) is 6.61 Å². The van der Waals surface area contributed by atoms with Crippen molar-refractivity contribution >= 4 is 16.0 Å². The molecule has 9 heteroatoms. The lowest BCUT2D eigenvalue weighted by Crippen LogP contribution is -2.35. The fourth-order valence-corrected chi connectivity index (χ4v) is 3.51. The fraction of sp³-hybridized carbons (Fsp3) is 0.636. The third-order valence-corrected chi connectivity index (χ3v) is 4.89. The van der Waals surface area contributed by atoms with Crippen molar-refractivity contribution in [3.63, 3.8) is 0 Å². The predicted octanol–water partition coefficient (Wildman–Crippen LogP) is -0.233. The molecule has 1 fully saturated rings. The Morgan fingerprint density at radius 2 is 2.30 bits per heavy atom. The number of carbonyl (C=O) groups is 1. The molecule has 0 aromatic carbocycles. The number of hydrogen-bond acceptors (Lipinski definition) is 5. The Morgan fingerprint density at radius 1 is 1.60 bits per heavy atom. The summed E-state index contributed by atoms with van der Waals surface area (Å²) >= 11 is 0. The van der Waals surface area contributed by atoms with Gasteiger partial charge in [0.15, 0.2) is 0 Å². The second kappa shape index (κ2) is 5.90. The van der Waals surface area contributed by atoms with Gasteiger partial charge in [0.25, 0.3) is 0 Å². The molecule has 0 spiro atoms. The Labute approximate surface area is 117 Å². The Morgan fingerprint density at radius 3 is 2.85 bits per heavy atom. The molecule has 1 aromatic rings. The highest BCUT2D eigenvalue weighted by Crippen LogP contribution is 2.31. The van der Waals surface area contributed by atoms with Gasteiger partial charge in [0.05, 0.1) is 12.8 Å². The number of aromatic nitrogens is 2. The summed E-state index contributed by atoms with van der Waals surface area (Å²) in [6.45, 7) is 0.240. The minimum atomic E-state index is -3.65. The van der Waals surface area contributed by atoms with Crippen LogP contribution in [0, 0.1) is 0 Å². The first-order chi connectivity index (χ1) is 9.45. The van der Waals surface area contributed by atoms with E-state index in [1.165, 1.54) is 23.8 Å². The van der Waals surface area contributed by atoms with Crippen LogP contribution in [0.15, 0.2) is 17.3 Å². The Bertz CT molecular complexity index is 579. The molecule has 0 bridgehead atoms. The van der Waals surface area contributed by atoms with Crippen LogP contribution in [0.3, 0.4) is 0 Å². The molecule has 1 aromatic heterocycles. The standard InChI is InChI=1S/C11H17N3O5S/c1-19-5-4-14(9-2-3-9)20(17,18)10-6-12-13(7-10)8-11(15)16/h6-7,9H,2-5,8H2,1H3,(H,15,16). The van der Waals surface area contributed by atoms with E-state index < -0.39 is 16.0 Å². The van der Waals surface area contributed by atoms with Crippen LogP contribution in [-0.2, 0) is 26.1 Å². The van der Waals surface area contributed by atoms with Crippen LogP contribution in [0.2, 0.25) is 0 Å². The second-order valence-electron chi connectivity index (χ2n) is 4.61. The minimum Gasteiger partial charge on any atom is -0.480 e. The maximum Gasteiger partial charge on any atom is 0.325 e. The topological polar surface area (TPSA) is 102 Å². The molecule has 20 heavy (non-hydrogen) atoms. The molecule has 0 radical (unpaired) electrons. The first-order valence-electron chi connectivity index (χ1n) is 6.20. The van der Waals surface area contributed by atoms with Crippen molar-refractivity contribution in [3.05, 3.63) is 12.4 Å². The van der Waals surface area contributed by atoms with E-state index in [1.807, 2.05) is 0 Å². The van der Waals surface area contributed by atoms with E-state index >= 15 is 0 Å². The summed E-state index contributed by atoms with van der Waals surface area (Å²) in [6.07, 6.45) is 4.10. The maximum atomic E-state index is 12.5. The molecular formula is C11H17N3O5S. The van der Waals surface area contributed by atoms with Crippen LogP contribution in [0.1, 0.15) is 12.8 Å². The van der Waals surface area contributed by atoms with Gasteiger partial charge >= 0.3 is 5.97 Å². The van der Waals surface area contributed by atoms with E-state index in [0.717, 1.165) is 17.5 Å². The Kier molecular flexibility index (Phi) is 4.41. The van der Waals surface area contributed by atoms with Crippen molar-refractivity contribution in [1.29, 1.82) is 0 Å². The van der Waals surface area contributed by atoms with Gasteiger partial charge in [-0.05, 0) is 12.8 Å². The van der Waals surface area contributed by atoms with Gasteiger partial charge in [-0.3, -0.25) is 9.48 Å². The molecule has 1 heterocycles. The first kappa shape index (κ1) is 14.9. The number of carboxylic acid groups (broad SMARTS) is 1. The van der Waals surface area contributed by atoms with E-state index in [9.17, 15) is 13.2 Å². The smallest absolute Gasteiger partial charge is 0.325 e. The zero-order valence-electron chi connectivity index (χ0n) is 11.1. The molecule has 0 saturated heterocycles. The monoisotopic (exact) mass is 303 g/mol. The molecule has 1 N–H and O–H groups in total. The number of methoxy groups -OCH3 is 1. The quantitative estimate of drug-likeness (QED) is 0.711. The number of carboxylic acids is 1. The summed E-state index contributed by atoms with van der Waals surface area (Å²) in [6, 6.07) is 0.0120. The fourth-order valence-electron chi connectivity index (χ4n) is 1.88. The summed E-state index contributed by atoms with van der Waals surface area (Å²) in [4.78, 5) is 10.6. The predicted molar refractivity (Wildman–Crippen MR) is 68.7 cm³/mol. The molecular weight excluding hydrogens is 286 g/mol. The van der Waals surface area contributed by atoms with Gasteiger partial charge in [0.1, 0.15) is 11.4 Å². The Hall–Kier alpha value is -1.45. The highest BCUT2D eigenvalue weighted by molar-refractivity contribution is 7.89. The Balaban J connectivity index is 2.18. The van der Waals surface area contributed by atoms with Crippen LogP contribution < -0.4 is 0 Å². The zero-order chi connectivity index (χ0) is 14.8. The molecule has 1 aliphatic rings. The summed E-state index contributed by atoms with van der Waals surface area (Å²) in [7, 11) is -2.13. The van der Waals surface area contributed by atoms with Gasteiger partial charge in [-0.1, -0.05) is 0 Å². The van der Waals surface area contributed by atoms with E-state index in [1.54, 1.807) is 0 Å². The van der Waals surface area contributed by atoms with Gasteiger partial charge in [-0.15, -0.1) is 0 Å². The lowest BCUT2D eigenvalue weighted by Gasteiger charge is -2.20.